The number of fused-ring (bicyclic) bond motifs is 1. The van der Waals surface area contributed by atoms with Crippen LogP contribution in [0.5, 0.6) is 0 Å². The zero-order chi connectivity index (χ0) is 9.42. The standard InChI is InChI=1S/C9H6BrIS2/c10-4-7-2-5-1-6(12)3-8(11)9(5)13-7/h1-3,12H,4H2. The van der Waals surface area contributed by atoms with Crippen LogP contribution in [0.2, 0.25) is 0 Å². The molecular weight excluding hydrogens is 379 g/mol. The second-order valence-electron chi connectivity index (χ2n) is 2.69. The van der Waals surface area contributed by atoms with Crippen LogP contribution in [0.15, 0.2) is 23.1 Å². The lowest BCUT2D eigenvalue weighted by atomic mass is 10.2. The third-order valence-corrected chi connectivity index (χ3v) is 5.37. The number of hydrogen-bond acceptors (Lipinski definition) is 2. The van der Waals surface area contributed by atoms with Gasteiger partial charge in [0, 0.05) is 23.4 Å². The molecule has 0 saturated heterocycles. The van der Waals surface area contributed by atoms with E-state index in [9.17, 15) is 0 Å². The van der Waals surface area contributed by atoms with Crippen LogP contribution in [0.3, 0.4) is 0 Å². The molecule has 0 atom stereocenters. The van der Waals surface area contributed by atoms with Gasteiger partial charge >= 0.3 is 0 Å². The molecule has 0 bridgehead atoms. The second-order valence-corrected chi connectivity index (χ2v) is 6.07. The molecule has 0 unspecified atom stereocenters. The van der Waals surface area contributed by atoms with Gasteiger partial charge in [-0.05, 0) is 46.2 Å². The Morgan fingerprint density at radius 2 is 2.15 bits per heavy atom. The van der Waals surface area contributed by atoms with Crippen LogP contribution >= 0.6 is 62.5 Å². The first-order chi connectivity index (χ1) is 6.20. The van der Waals surface area contributed by atoms with Crippen molar-refractivity contribution in [1.29, 1.82) is 0 Å². The van der Waals surface area contributed by atoms with Crippen molar-refractivity contribution < 1.29 is 0 Å². The lowest BCUT2D eigenvalue weighted by Crippen LogP contribution is -1.71. The smallest absolute Gasteiger partial charge is 0.0480 e. The number of hydrogen-bond donors (Lipinski definition) is 1. The largest absolute Gasteiger partial charge is 0.143 e. The third-order valence-electron chi connectivity index (χ3n) is 1.74. The fourth-order valence-corrected chi connectivity index (χ4v) is 4.11. The summed E-state index contributed by atoms with van der Waals surface area (Å²) in [5.74, 6) is 0. The van der Waals surface area contributed by atoms with Crippen LogP contribution in [0, 0.1) is 3.57 Å². The summed E-state index contributed by atoms with van der Waals surface area (Å²) in [6.07, 6.45) is 0. The Hall–Kier alpha value is 0.740. The molecule has 0 radical (unpaired) electrons. The molecule has 1 aromatic carbocycles. The molecule has 0 aliphatic heterocycles. The highest BCUT2D eigenvalue weighted by atomic mass is 127. The second kappa shape index (κ2) is 4.08. The van der Waals surface area contributed by atoms with Gasteiger partial charge in [0.2, 0.25) is 0 Å². The van der Waals surface area contributed by atoms with E-state index in [0.717, 1.165) is 10.2 Å². The van der Waals surface area contributed by atoms with Crippen LogP contribution in [-0.4, -0.2) is 0 Å². The minimum atomic E-state index is 0.935. The number of thiol groups is 1. The predicted molar refractivity (Wildman–Crippen MR) is 74.4 cm³/mol. The van der Waals surface area contributed by atoms with Crippen molar-refractivity contribution in [2.45, 2.75) is 10.2 Å². The molecular formula is C9H6BrIS2. The molecule has 13 heavy (non-hydrogen) atoms. The highest BCUT2D eigenvalue weighted by molar-refractivity contribution is 14.1. The molecule has 0 nitrogen and oxygen atoms in total. The Morgan fingerprint density at radius 1 is 1.38 bits per heavy atom. The zero-order valence-corrected chi connectivity index (χ0v) is 12.0. The molecule has 0 N–H and O–H groups in total. The summed E-state index contributed by atoms with van der Waals surface area (Å²) in [7, 11) is 0. The SMILES string of the molecule is Sc1cc(I)c2sc(CBr)cc2c1. The molecule has 0 amide bonds. The normalized spacial score (nSPS) is 11.0. The van der Waals surface area contributed by atoms with Crippen molar-refractivity contribution in [3.63, 3.8) is 0 Å². The summed E-state index contributed by atoms with van der Waals surface area (Å²) in [5, 5.41) is 2.24. The third kappa shape index (κ3) is 2.06. The van der Waals surface area contributed by atoms with Crippen molar-refractivity contribution >= 4 is 72.6 Å². The first-order valence-corrected chi connectivity index (χ1v) is 7.14. The van der Waals surface area contributed by atoms with E-state index in [4.69, 9.17) is 0 Å². The molecule has 2 aromatic rings. The summed E-state index contributed by atoms with van der Waals surface area (Å²) >= 11 is 12.0. The average Bonchev–Trinajstić information content (AvgIpc) is 2.47. The molecule has 0 saturated carbocycles. The van der Waals surface area contributed by atoms with Crippen LogP contribution < -0.4 is 0 Å². The van der Waals surface area contributed by atoms with Gasteiger partial charge in [0.25, 0.3) is 0 Å². The van der Waals surface area contributed by atoms with Gasteiger partial charge in [-0.15, -0.1) is 24.0 Å². The van der Waals surface area contributed by atoms with Crippen molar-refractivity contribution in [3.05, 3.63) is 26.6 Å². The van der Waals surface area contributed by atoms with Gasteiger partial charge in [-0.1, -0.05) is 15.9 Å². The maximum atomic E-state index is 4.36. The van der Waals surface area contributed by atoms with Gasteiger partial charge in [-0.25, -0.2) is 0 Å². The van der Waals surface area contributed by atoms with Gasteiger partial charge in [-0.2, -0.15) is 0 Å². The van der Waals surface area contributed by atoms with Crippen molar-refractivity contribution in [2.24, 2.45) is 0 Å². The molecule has 1 heterocycles. The minimum Gasteiger partial charge on any atom is -0.143 e. The van der Waals surface area contributed by atoms with E-state index in [2.05, 4.69) is 69.3 Å². The Morgan fingerprint density at radius 3 is 2.85 bits per heavy atom. The molecule has 0 aliphatic carbocycles. The van der Waals surface area contributed by atoms with Gasteiger partial charge in [0.15, 0.2) is 0 Å². The summed E-state index contributed by atoms with van der Waals surface area (Å²) in [6, 6.07) is 6.43. The van der Waals surface area contributed by atoms with E-state index in [0.29, 0.717) is 0 Å². The predicted octanol–water partition coefficient (Wildman–Crippen LogP) is 4.69. The van der Waals surface area contributed by atoms with Crippen molar-refractivity contribution in [3.8, 4) is 0 Å². The zero-order valence-electron chi connectivity index (χ0n) is 6.55. The highest BCUT2D eigenvalue weighted by Gasteiger charge is 2.04. The van der Waals surface area contributed by atoms with Gasteiger partial charge in [-0.3, -0.25) is 0 Å². The quantitative estimate of drug-likeness (QED) is 0.411. The fourth-order valence-electron chi connectivity index (χ4n) is 1.21. The fraction of sp³-hybridized carbons (Fsp3) is 0.111. The number of thiophene rings is 1. The highest BCUT2D eigenvalue weighted by Crippen LogP contribution is 2.32. The molecule has 0 spiro atoms. The first-order valence-electron chi connectivity index (χ1n) is 3.67. The average molecular weight is 385 g/mol. The number of benzene rings is 1. The molecule has 0 aliphatic rings. The van der Waals surface area contributed by atoms with Crippen molar-refractivity contribution in [2.75, 3.05) is 0 Å². The van der Waals surface area contributed by atoms with E-state index in [1.54, 1.807) is 0 Å². The molecule has 2 rings (SSSR count). The van der Waals surface area contributed by atoms with Crippen LogP contribution in [0.25, 0.3) is 10.1 Å². The Balaban J connectivity index is 2.75. The van der Waals surface area contributed by atoms with Gasteiger partial charge in [0.1, 0.15) is 0 Å². The van der Waals surface area contributed by atoms with E-state index >= 15 is 0 Å². The van der Waals surface area contributed by atoms with E-state index in [-0.39, 0.29) is 0 Å². The van der Waals surface area contributed by atoms with Gasteiger partial charge < -0.3 is 0 Å². The molecule has 4 heteroatoms. The summed E-state index contributed by atoms with van der Waals surface area (Å²) in [5.41, 5.74) is 0. The number of alkyl halides is 1. The van der Waals surface area contributed by atoms with Crippen LogP contribution in [-0.2, 0) is 5.33 Å². The molecule has 0 fully saturated rings. The summed E-state index contributed by atoms with van der Waals surface area (Å²) in [4.78, 5) is 2.41. The molecule has 1 aromatic heterocycles. The van der Waals surface area contributed by atoms with E-state index < -0.39 is 0 Å². The maximum Gasteiger partial charge on any atom is 0.0480 e. The Bertz CT molecular complexity index is 450. The number of rotatable bonds is 1. The lowest BCUT2D eigenvalue weighted by Gasteiger charge is -1.95. The minimum absolute atomic E-state index is 0.935. The van der Waals surface area contributed by atoms with E-state index in [1.807, 2.05) is 11.3 Å². The Labute approximate surface area is 108 Å². The maximum absolute atomic E-state index is 4.36. The Kier molecular flexibility index (Phi) is 3.22. The summed E-state index contributed by atoms with van der Waals surface area (Å²) < 4.78 is 2.66. The topological polar surface area (TPSA) is 0 Å². The van der Waals surface area contributed by atoms with Crippen LogP contribution in [0.4, 0.5) is 0 Å². The van der Waals surface area contributed by atoms with Gasteiger partial charge in [0.05, 0.1) is 0 Å². The number of halogens is 2. The first kappa shape index (κ1) is 10.3. The van der Waals surface area contributed by atoms with Crippen LogP contribution in [0.1, 0.15) is 4.88 Å². The van der Waals surface area contributed by atoms with E-state index in [1.165, 1.54) is 18.5 Å². The lowest BCUT2D eigenvalue weighted by molar-refractivity contribution is 1.51. The summed E-state index contributed by atoms with van der Waals surface area (Å²) in [6.45, 7) is 0. The van der Waals surface area contributed by atoms with Crippen molar-refractivity contribution in [1.82, 2.24) is 0 Å². The monoisotopic (exact) mass is 384 g/mol. The molecule has 68 valence electrons.